The van der Waals surface area contributed by atoms with Crippen LogP contribution in [0, 0.1) is 0 Å². The number of hydrogen-bond acceptors (Lipinski definition) is 3. The van der Waals surface area contributed by atoms with Crippen molar-refractivity contribution in [3.63, 3.8) is 0 Å². The fourth-order valence-electron chi connectivity index (χ4n) is 2.58. The Morgan fingerprint density at radius 3 is 2.80 bits per heavy atom. The summed E-state index contributed by atoms with van der Waals surface area (Å²) < 4.78 is 5.20. The summed E-state index contributed by atoms with van der Waals surface area (Å²) in [5.41, 5.74) is 1.74. The van der Waals surface area contributed by atoms with Crippen LogP contribution in [0.1, 0.15) is 12.0 Å². The lowest BCUT2D eigenvalue weighted by atomic mass is 10.1. The van der Waals surface area contributed by atoms with Gasteiger partial charge in [0.15, 0.2) is 0 Å². The maximum Gasteiger partial charge on any atom is 0.251 e. The molecule has 0 saturated carbocycles. The van der Waals surface area contributed by atoms with E-state index in [0.717, 1.165) is 10.9 Å². The molecule has 2 aromatic carbocycles. The zero-order valence-corrected chi connectivity index (χ0v) is 14.4. The van der Waals surface area contributed by atoms with Crippen molar-refractivity contribution in [1.82, 2.24) is 4.98 Å². The van der Waals surface area contributed by atoms with Crippen LogP contribution in [-0.2, 0) is 11.2 Å². The molecule has 0 aliphatic heterocycles. The summed E-state index contributed by atoms with van der Waals surface area (Å²) in [5, 5.41) is 4.19. The molecule has 0 unspecified atom stereocenters. The highest BCUT2D eigenvalue weighted by Crippen LogP contribution is 2.19. The molecule has 2 N–H and O–H groups in total. The van der Waals surface area contributed by atoms with Crippen LogP contribution in [0.2, 0.25) is 5.02 Å². The number of aryl methyl sites for hydroxylation is 1. The first-order valence-corrected chi connectivity index (χ1v) is 8.18. The van der Waals surface area contributed by atoms with Crippen molar-refractivity contribution in [1.29, 1.82) is 0 Å². The minimum atomic E-state index is -0.187. The Morgan fingerprint density at radius 1 is 1.20 bits per heavy atom. The zero-order valence-electron chi connectivity index (χ0n) is 13.6. The van der Waals surface area contributed by atoms with Crippen LogP contribution in [0.4, 0.5) is 5.69 Å². The van der Waals surface area contributed by atoms with E-state index in [0.29, 0.717) is 28.4 Å². The topological polar surface area (TPSA) is 71.2 Å². The van der Waals surface area contributed by atoms with Gasteiger partial charge in [0.1, 0.15) is 5.75 Å². The molecule has 0 saturated heterocycles. The second kappa shape index (κ2) is 7.40. The maximum atomic E-state index is 12.2. The predicted molar refractivity (Wildman–Crippen MR) is 99.5 cm³/mol. The minimum Gasteiger partial charge on any atom is -0.497 e. The molecule has 3 aromatic rings. The van der Waals surface area contributed by atoms with Crippen molar-refractivity contribution in [3.8, 4) is 5.75 Å². The van der Waals surface area contributed by atoms with Gasteiger partial charge in [0.2, 0.25) is 5.91 Å². The molecule has 1 amide bonds. The van der Waals surface area contributed by atoms with Crippen molar-refractivity contribution in [2.24, 2.45) is 0 Å². The standard InChI is InChI=1S/C19H17ClN2O3/c1-25-16-6-7-17-13(10-16)9-12(19(24)22-17)5-8-18(23)21-15-4-2-3-14(20)11-15/h2-4,6-7,9-11H,5,8H2,1H3,(H,21,23)(H,22,24). The second-order valence-corrected chi connectivity index (χ2v) is 6.07. The summed E-state index contributed by atoms with van der Waals surface area (Å²) in [5.74, 6) is 0.539. The average Bonchev–Trinajstić information content (AvgIpc) is 2.59. The molecule has 0 bridgehead atoms. The number of nitrogens with one attached hydrogen (secondary N) is 2. The van der Waals surface area contributed by atoms with Gasteiger partial charge in [-0.05, 0) is 48.9 Å². The molecule has 1 aromatic heterocycles. The Morgan fingerprint density at radius 2 is 2.04 bits per heavy atom. The van der Waals surface area contributed by atoms with E-state index < -0.39 is 0 Å². The van der Waals surface area contributed by atoms with Gasteiger partial charge in [-0.15, -0.1) is 0 Å². The lowest BCUT2D eigenvalue weighted by Gasteiger charge is -2.07. The number of benzene rings is 2. The molecule has 1 heterocycles. The number of aromatic amines is 1. The van der Waals surface area contributed by atoms with Crippen LogP contribution in [0.25, 0.3) is 10.9 Å². The molecule has 0 aliphatic rings. The summed E-state index contributed by atoms with van der Waals surface area (Å²) >= 11 is 5.90. The molecule has 128 valence electrons. The minimum absolute atomic E-state index is 0.174. The molecule has 25 heavy (non-hydrogen) atoms. The first kappa shape index (κ1) is 17.0. The molecule has 0 aliphatic carbocycles. The third-order valence-corrected chi connectivity index (χ3v) is 4.09. The molecule has 0 spiro atoms. The summed E-state index contributed by atoms with van der Waals surface area (Å²) in [7, 11) is 1.59. The van der Waals surface area contributed by atoms with Crippen molar-refractivity contribution in [2.45, 2.75) is 12.8 Å². The van der Waals surface area contributed by atoms with Gasteiger partial charge in [-0.3, -0.25) is 9.59 Å². The average molecular weight is 357 g/mol. The van der Waals surface area contributed by atoms with Gasteiger partial charge in [-0.25, -0.2) is 0 Å². The SMILES string of the molecule is COc1ccc2[nH]c(=O)c(CCC(=O)Nc3cccc(Cl)c3)cc2c1. The molecule has 0 radical (unpaired) electrons. The summed E-state index contributed by atoms with van der Waals surface area (Å²) in [6, 6.07) is 14.2. The number of halogens is 1. The van der Waals surface area contributed by atoms with E-state index >= 15 is 0 Å². The van der Waals surface area contributed by atoms with E-state index in [1.54, 1.807) is 49.6 Å². The number of ether oxygens (including phenoxy) is 1. The van der Waals surface area contributed by atoms with Crippen molar-refractivity contribution >= 4 is 34.1 Å². The van der Waals surface area contributed by atoms with Gasteiger partial charge >= 0.3 is 0 Å². The molecule has 0 atom stereocenters. The lowest BCUT2D eigenvalue weighted by molar-refractivity contribution is -0.116. The number of fused-ring (bicyclic) bond motifs is 1. The quantitative estimate of drug-likeness (QED) is 0.731. The zero-order chi connectivity index (χ0) is 17.8. The smallest absolute Gasteiger partial charge is 0.251 e. The Labute approximate surface area is 149 Å². The van der Waals surface area contributed by atoms with Crippen LogP contribution in [0.15, 0.2) is 53.3 Å². The first-order valence-electron chi connectivity index (χ1n) is 7.80. The largest absolute Gasteiger partial charge is 0.497 e. The Balaban J connectivity index is 1.72. The van der Waals surface area contributed by atoms with E-state index in [2.05, 4.69) is 10.3 Å². The van der Waals surface area contributed by atoms with Crippen molar-refractivity contribution < 1.29 is 9.53 Å². The van der Waals surface area contributed by atoms with Gasteiger partial charge in [0, 0.05) is 33.6 Å². The fourth-order valence-corrected chi connectivity index (χ4v) is 2.77. The molecule has 5 nitrogen and oxygen atoms in total. The number of pyridine rings is 1. The number of hydrogen-bond donors (Lipinski definition) is 2. The van der Waals surface area contributed by atoms with Gasteiger partial charge in [-0.2, -0.15) is 0 Å². The summed E-state index contributed by atoms with van der Waals surface area (Å²) in [6.45, 7) is 0. The van der Waals surface area contributed by atoms with Crippen molar-refractivity contribution in [3.05, 3.63) is 69.5 Å². The maximum absolute atomic E-state index is 12.2. The molecule has 3 rings (SSSR count). The van der Waals surface area contributed by atoms with Crippen LogP contribution in [0.5, 0.6) is 5.75 Å². The highest BCUT2D eigenvalue weighted by atomic mass is 35.5. The molecule has 0 fully saturated rings. The number of rotatable bonds is 5. The van der Waals surface area contributed by atoms with Gasteiger partial charge < -0.3 is 15.0 Å². The van der Waals surface area contributed by atoms with E-state index in [1.807, 2.05) is 6.07 Å². The number of carbonyl (C=O) groups excluding carboxylic acids is 1. The highest BCUT2D eigenvalue weighted by Gasteiger charge is 2.08. The number of H-pyrrole nitrogens is 1. The van der Waals surface area contributed by atoms with Gasteiger partial charge in [0.25, 0.3) is 5.56 Å². The normalized spacial score (nSPS) is 10.6. The Hall–Kier alpha value is -2.79. The lowest BCUT2D eigenvalue weighted by Crippen LogP contribution is -2.17. The molecule has 6 heteroatoms. The molecular formula is C19H17ClN2O3. The molecular weight excluding hydrogens is 340 g/mol. The van der Waals surface area contributed by atoms with Crippen LogP contribution in [-0.4, -0.2) is 18.0 Å². The van der Waals surface area contributed by atoms with E-state index in [4.69, 9.17) is 16.3 Å². The van der Waals surface area contributed by atoms with Crippen LogP contribution >= 0.6 is 11.6 Å². The van der Waals surface area contributed by atoms with E-state index in [-0.39, 0.29) is 17.9 Å². The summed E-state index contributed by atoms with van der Waals surface area (Å²) in [4.78, 5) is 27.1. The van der Waals surface area contributed by atoms with Gasteiger partial charge in [-0.1, -0.05) is 17.7 Å². The number of anilines is 1. The van der Waals surface area contributed by atoms with Crippen LogP contribution < -0.4 is 15.6 Å². The van der Waals surface area contributed by atoms with Crippen molar-refractivity contribution in [2.75, 3.05) is 12.4 Å². The van der Waals surface area contributed by atoms with E-state index in [9.17, 15) is 9.59 Å². The van der Waals surface area contributed by atoms with Gasteiger partial charge in [0.05, 0.1) is 7.11 Å². The monoisotopic (exact) mass is 356 g/mol. The summed E-state index contributed by atoms with van der Waals surface area (Å²) in [6.07, 6.45) is 0.542. The number of aromatic nitrogens is 1. The predicted octanol–water partition coefficient (Wildman–Crippen LogP) is 3.76. The number of methoxy groups -OCH3 is 1. The third kappa shape index (κ3) is 4.19. The fraction of sp³-hybridized carbons (Fsp3) is 0.158. The highest BCUT2D eigenvalue weighted by molar-refractivity contribution is 6.30. The first-order chi connectivity index (χ1) is 12.0. The van der Waals surface area contributed by atoms with E-state index in [1.165, 1.54) is 0 Å². The Bertz CT molecular complexity index is 982. The van der Waals surface area contributed by atoms with Crippen LogP contribution in [0.3, 0.4) is 0 Å². The number of amides is 1. The Kier molecular flexibility index (Phi) is 5.05. The third-order valence-electron chi connectivity index (χ3n) is 3.86. The second-order valence-electron chi connectivity index (χ2n) is 5.64. The number of carbonyl (C=O) groups is 1.